The molecule has 4 nitrogen and oxygen atoms in total. The molecule has 0 aromatic rings. The fraction of sp³-hybridized carbons (Fsp3) is 0.875. The van der Waals surface area contributed by atoms with Crippen molar-refractivity contribution in [1.82, 2.24) is 5.32 Å². The molecule has 0 aliphatic rings. The van der Waals surface area contributed by atoms with Gasteiger partial charge >= 0.3 is 0 Å². The Morgan fingerprint density at radius 3 is 2.75 bits per heavy atom. The number of ether oxygens (including phenoxy) is 1. The number of hydrogen-bond acceptors (Lipinski definition) is 3. The van der Waals surface area contributed by atoms with Gasteiger partial charge in [-0.05, 0) is 13.3 Å². The van der Waals surface area contributed by atoms with E-state index in [9.17, 15) is 4.79 Å². The summed E-state index contributed by atoms with van der Waals surface area (Å²) >= 11 is 0. The molecule has 0 aliphatic heterocycles. The van der Waals surface area contributed by atoms with Gasteiger partial charge in [-0.3, -0.25) is 4.79 Å². The van der Waals surface area contributed by atoms with Crippen molar-refractivity contribution < 1.29 is 9.53 Å². The highest BCUT2D eigenvalue weighted by Crippen LogP contribution is 1.84. The monoisotopic (exact) mass is 174 g/mol. The van der Waals surface area contributed by atoms with Crippen LogP contribution in [0.4, 0.5) is 0 Å². The quantitative estimate of drug-likeness (QED) is 0.552. The van der Waals surface area contributed by atoms with Crippen molar-refractivity contribution in [2.24, 2.45) is 5.73 Å². The predicted molar refractivity (Wildman–Crippen MR) is 47.8 cm³/mol. The van der Waals surface area contributed by atoms with Crippen molar-refractivity contribution in [3.63, 3.8) is 0 Å². The largest absolute Gasteiger partial charge is 0.380 e. The van der Waals surface area contributed by atoms with E-state index in [1.54, 1.807) is 0 Å². The molecule has 0 saturated heterocycles. The summed E-state index contributed by atoms with van der Waals surface area (Å²) in [6.07, 6.45) is 0.667. The Kier molecular flexibility index (Phi) is 6.70. The fourth-order valence-corrected chi connectivity index (χ4v) is 0.707. The number of carbonyl (C=O) groups excluding carboxylic acids is 1. The van der Waals surface area contributed by atoms with Gasteiger partial charge in [0, 0.05) is 13.2 Å². The molecule has 3 N–H and O–H groups in total. The second-order valence-electron chi connectivity index (χ2n) is 2.50. The molecule has 0 fully saturated rings. The van der Waals surface area contributed by atoms with Crippen LogP contribution in [0.15, 0.2) is 0 Å². The van der Waals surface area contributed by atoms with Crippen LogP contribution in [0.5, 0.6) is 0 Å². The number of rotatable bonds is 6. The van der Waals surface area contributed by atoms with Gasteiger partial charge in [0.15, 0.2) is 0 Å². The molecule has 1 amide bonds. The Bertz CT molecular complexity index is 128. The van der Waals surface area contributed by atoms with Crippen LogP contribution in [0.25, 0.3) is 0 Å². The first-order valence-corrected chi connectivity index (χ1v) is 4.33. The molecule has 0 bridgehead atoms. The summed E-state index contributed by atoms with van der Waals surface area (Å²) in [7, 11) is 0. The van der Waals surface area contributed by atoms with Crippen LogP contribution in [-0.2, 0) is 9.53 Å². The molecule has 0 radical (unpaired) electrons. The number of carbonyl (C=O) groups is 1. The van der Waals surface area contributed by atoms with Gasteiger partial charge in [-0.15, -0.1) is 0 Å². The average molecular weight is 174 g/mol. The van der Waals surface area contributed by atoms with E-state index in [1.807, 2.05) is 13.8 Å². The fourth-order valence-electron chi connectivity index (χ4n) is 0.707. The third kappa shape index (κ3) is 5.09. The zero-order valence-corrected chi connectivity index (χ0v) is 7.80. The normalized spacial score (nSPS) is 12.6. The summed E-state index contributed by atoms with van der Waals surface area (Å²) in [5.74, 6) is -0.0998. The lowest BCUT2D eigenvalue weighted by Crippen LogP contribution is -2.41. The third-order valence-corrected chi connectivity index (χ3v) is 1.53. The van der Waals surface area contributed by atoms with Gasteiger partial charge in [0.2, 0.25) is 5.91 Å². The summed E-state index contributed by atoms with van der Waals surface area (Å²) in [6.45, 7) is 5.57. The van der Waals surface area contributed by atoms with Crippen LogP contribution in [0.1, 0.15) is 20.3 Å². The van der Waals surface area contributed by atoms with Crippen LogP contribution in [0.3, 0.4) is 0 Å². The summed E-state index contributed by atoms with van der Waals surface area (Å²) in [5, 5.41) is 2.68. The standard InChI is InChI=1S/C8H18N2O2/c1-3-7(9)8(11)10-5-6-12-4-2/h7H,3-6,9H2,1-2H3,(H,10,11). The van der Waals surface area contributed by atoms with Gasteiger partial charge in [-0.2, -0.15) is 0 Å². The topological polar surface area (TPSA) is 64.3 Å². The Morgan fingerprint density at radius 1 is 1.58 bits per heavy atom. The van der Waals surface area contributed by atoms with Crippen molar-refractivity contribution in [2.45, 2.75) is 26.3 Å². The Morgan fingerprint density at radius 2 is 2.25 bits per heavy atom. The molecule has 72 valence electrons. The van der Waals surface area contributed by atoms with Gasteiger partial charge in [0.05, 0.1) is 12.6 Å². The van der Waals surface area contributed by atoms with Crippen LogP contribution in [0, 0.1) is 0 Å². The zero-order chi connectivity index (χ0) is 9.40. The molecule has 0 saturated carbocycles. The molecular formula is C8H18N2O2. The third-order valence-electron chi connectivity index (χ3n) is 1.53. The summed E-state index contributed by atoms with van der Waals surface area (Å²) in [6, 6.07) is -0.383. The Balaban J connectivity index is 3.31. The minimum Gasteiger partial charge on any atom is -0.380 e. The molecule has 4 heteroatoms. The minimum atomic E-state index is -0.383. The van der Waals surface area contributed by atoms with Crippen LogP contribution in [0.2, 0.25) is 0 Å². The maximum atomic E-state index is 11.0. The van der Waals surface area contributed by atoms with E-state index < -0.39 is 0 Å². The van der Waals surface area contributed by atoms with Gasteiger partial charge in [-0.1, -0.05) is 6.92 Å². The van der Waals surface area contributed by atoms with E-state index in [1.165, 1.54) is 0 Å². The van der Waals surface area contributed by atoms with Gasteiger partial charge in [-0.25, -0.2) is 0 Å². The Labute approximate surface area is 73.5 Å². The molecule has 0 aliphatic carbocycles. The molecule has 1 unspecified atom stereocenters. The van der Waals surface area contributed by atoms with E-state index in [-0.39, 0.29) is 11.9 Å². The van der Waals surface area contributed by atoms with Crippen LogP contribution in [-0.4, -0.2) is 31.7 Å². The smallest absolute Gasteiger partial charge is 0.236 e. The molecule has 0 spiro atoms. The van der Waals surface area contributed by atoms with E-state index in [4.69, 9.17) is 10.5 Å². The first-order chi connectivity index (χ1) is 5.72. The average Bonchev–Trinajstić information content (AvgIpc) is 2.10. The summed E-state index contributed by atoms with van der Waals surface area (Å²) in [4.78, 5) is 11.0. The second-order valence-corrected chi connectivity index (χ2v) is 2.50. The number of nitrogens with one attached hydrogen (secondary N) is 1. The summed E-state index contributed by atoms with van der Waals surface area (Å²) < 4.78 is 5.04. The molecule has 0 heterocycles. The molecule has 0 rings (SSSR count). The van der Waals surface area contributed by atoms with Crippen molar-refractivity contribution in [1.29, 1.82) is 0 Å². The first-order valence-electron chi connectivity index (χ1n) is 4.33. The van der Waals surface area contributed by atoms with E-state index in [0.29, 0.717) is 26.2 Å². The van der Waals surface area contributed by atoms with Crippen molar-refractivity contribution in [2.75, 3.05) is 19.8 Å². The second kappa shape index (κ2) is 7.06. The SMILES string of the molecule is CCOCCNC(=O)C(N)CC. The van der Waals surface area contributed by atoms with Crippen LogP contribution < -0.4 is 11.1 Å². The number of nitrogens with two attached hydrogens (primary N) is 1. The molecular weight excluding hydrogens is 156 g/mol. The number of amides is 1. The van der Waals surface area contributed by atoms with Crippen molar-refractivity contribution >= 4 is 5.91 Å². The van der Waals surface area contributed by atoms with Gasteiger partial charge in [0.1, 0.15) is 0 Å². The van der Waals surface area contributed by atoms with Gasteiger partial charge < -0.3 is 15.8 Å². The zero-order valence-electron chi connectivity index (χ0n) is 7.80. The van der Waals surface area contributed by atoms with E-state index in [2.05, 4.69) is 5.32 Å². The van der Waals surface area contributed by atoms with Crippen molar-refractivity contribution in [3.05, 3.63) is 0 Å². The Hall–Kier alpha value is -0.610. The van der Waals surface area contributed by atoms with Gasteiger partial charge in [0.25, 0.3) is 0 Å². The highest BCUT2D eigenvalue weighted by Gasteiger charge is 2.08. The predicted octanol–water partition coefficient (Wildman–Crippen LogP) is -0.124. The maximum absolute atomic E-state index is 11.0. The first kappa shape index (κ1) is 11.4. The lowest BCUT2D eigenvalue weighted by Gasteiger charge is -2.09. The molecule has 0 aromatic carbocycles. The lowest BCUT2D eigenvalue weighted by molar-refractivity contribution is -0.122. The minimum absolute atomic E-state index is 0.0998. The molecule has 1 atom stereocenters. The summed E-state index contributed by atoms with van der Waals surface area (Å²) in [5.41, 5.74) is 5.48. The molecule has 12 heavy (non-hydrogen) atoms. The van der Waals surface area contributed by atoms with E-state index >= 15 is 0 Å². The highest BCUT2D eigenvalue weighted by molar-refractivity contribution is 5.81. The molecule has 0 aromatic heterocycles. The lowest BCUT2D eigenvalue weighted by atomic mass is 10.2. The van der Waals surface area contributed by atoms with E-state index in [0.717, 1.165) is 0 Å². The maximum Gasteiger partial charge on any atom is 0.236 e. The number of hydrogen-bond donors (Lipinski definition) is 2. The van der Waals surface area contributed by atoms with Crippen LogP contribution >= 0.6 is 0 Å². The van der Waals surface area contributed by atoms with Crippen molar-refractivity contribution in [3.8, 4) is 0 Å². The highest BCUT2D eigenvalue weighted by atomic mass is 16.5.